The number of aromatic hydroxyl groups is 1. The van der Waals surface area contributed by atoms with Gasteiger partial charge in [-0.25, -0.2) is 4.79 Å². The number of ether oxygens (including phenoxy) is 1. The monoisotopic (exact) mass is 537 g/mol. The van der Waals surface area contributed by atoms with Crippen LogP contribution in [0, 0.1) is 5.92 Å². The summed E-state index contributed by atoms with van der Waals surface area (Å²) in [6.45, 7) is 15.2. The fraction of sp³-hybridized carbons (Fsp3) is 0.679. The first-order chi connectivity index (χ1) is 17.2. The molecule has 8 nitrogen and oxygen atoms in total. The highest BCUT2D eigenvalue weighted by Crippen LogP contribution is 2.30. The molecule has 0 heterocycles. The molecule has 3 atom stereocenters. The summed E-state index contributed by atoms with van der Waals surface area (Å²) < 4.78 is 5.44. The fourth-order valence-corrected chi connectivity index (χ4v) is 4.40. The normalized spacial score (nSPS) is 14.1. The lowest BCUT2D eigenvalue weighted by atomic mass is 9.96. The van der Waals surface area contributed by atoms with E-state index in [1.807, 2.05) is 27.0 Å². The summed E-state index contributed by atoms with van der Waals surface area (Å²) in [6, 6.07) is 4.11. The molecule has 3 unspecified atom stereocenters. The van der Waals surface area contributed by atoms with Crippen molar-refractivity contribution >= 4 is 29.7 Å². The Kier molecular flexibility index (Phi) is 13.3. The molecule has 0 saturated heterocycles. The summed E-state index contributed by atoms with van der Waals surface area (Å²) in [5, 5.41) is 15.9. The molecule has 1 aromatic rings. The Balaban J connectivity index is 3.58. The number of thioether (sulfide) groups is 1. The second-order valence-electron chi connectivity index (χ2n) is 11.2. The zero-order valence-corrected chi connectivity index (χ0v) is 24.8. The highest BCUT2D eigenvalue weighted by Gasteiger charge is 2.39. The third-order valence-electron chi connectivity index (χ3n) is 5.63. The van der Waals surface area contributed by atoms with Gasteiger partial charge >= 0.3 is 6.09 Å². The molecule has 0 radical (unpaired) electrons. The van der Waals surface area contributed by atoms with Crippen LogP contribution in [0.5, 0.6) is 5.75 Å². The number of phenols is 1. The third kappa shape index (κ3) is 11.7. The Labute approximate surface area is 227 Å². The molecule has 3 amide bonds. The van der Waals surface area contributed by atoms with Crippen molar-refractivity contribution in [3.63, 3.8) is 0 Å². The van der Waals surface area contributed by atoms with E-state index in [2.05, 4.69) is 24.5 Å². The Morgan fingerprint density at radius 1 is 1.03 bits per heavy atom. The number of carbonyl (C=O) groups excluding carboxylic acids is 3. The van der Waals surface area contributed by atoms with E-state index in [0.29, 0.717) is 30.1 Å². The maximum absolute atomic E-state index is 14.2. The third-order valence-corrected chi connectivity index (χ3v) is 6.28. The molecule has 0 aliphatic heterocycles. The van der Waals surface area contributed by atoms with Crippen molar-refractivity contribution in [2.24, 2.45) is 5.92 Å². The molecule has 0 aromatic heterocycles. The molecule has 0 aliphatic carbocycles. The van der Waals surface area contributed by atoms with Crippen LogP contribution < -0.4 is 10.6 Å². The van der Waals surface area contributed by atoms with Gasteiger partial charge in [-0.2, -0.15) is 11.8 Å². The fourth-order valence-electron chi connectivity index (χ4n) is 3.93. The van der Waals surface area contributed by atoms with Crippen molar-refractivity contribution in [3.8, 4) is 5.75 Å². The smallest absolute Gasteiger partial charge is 0.408 e. The van der Waals surface area contributed by atoms with Crippen LogP contribution in [-0.2, 0) is 14.3 Å². The van der Waals surface area contributed by atoms with Crippen LogP contribution in [0.15, 0.2) is 24.3 Å². The van der Waals surface area contributed by atoms with Crippen LogP contribution >= 0.6 is 11.8 Å². The van der Waals surface area contributed by atoms with Gasteiger partial charge in [0, 0.05) is 12.1 Å². The van der Waals surface area contributed by atoms with Gasteiger partial charge in [0.15, 0.2) is 0 Å². The lowest BCUT2D eigenvalue weighted by Crippen LogP contribution is -2.56. The number of rotatable bonds is 13. The standard InChI is InChI=1S/C28H47N3O5S/c1-18(2)13-14-20(5)31(24(25(33)29-19(3)4)21-11-10-12-22(32)17-21)26(34)23(15-16-37-9)30-27(35)36-28(6,7)8/h10-12,17-20,23-24,32H,13-16H2,1-9H3,(H,29,33)(H,30,35). The van der Waals surface area contributed by atoms with E-state index in [1.165, 1.54) is 12.1 Å². The Hall–Kier alpha value is -2.42. The molecule has 0 fully saturated rings. The number of nitrogens with zero attached hydrogens (tertiary/aromatic N) is 1. The predicted molar refractivity (Wildman–Crippen MR) is 151 cm³/mol. The Morgan fingerprint density at radius 2 is 1.68 bits per heavy atom. The van der Waals surface area contributed by atoms with Crippen molar-refractivity contribution in [1.29, 1.82) is 0 Å². The van der Waals surface area contributed by atoms with Crippen molar-refractivity contribution in [2.45, 2.75) is 104 Å². The van der Waals surface area contributed by atoms with E-state index in [-0.39, 0.29) is 29.6 Å². The van der Waals surface area contributed by atoms with Crippen LogP contribution in [-0.4, -0.2) is 63.6 Å². The summed E-state index contributed by atoms with van der Waals surface area (Å²) in [5.41, 5.74) is -0.216. The minimum absolute atomic E-state index is 0.00731. The van der Waals surface area contributed by atoms with Gasteiger partial charge in [0.1, 0.15) is 23.4 Å². The number of nitrogens with one attached hydrogen (secondary N) is 2. The molecule has 0 saturated carbocycles. The number of phenolic OH excluding ortho intramolecular Hbond substituents is 1. The molecule has 210 valence electrons. The molecule has 37 heavy (non-hydrogen) atoms. The average molecular weight is 538 g/mol. The molecular formula is C28H47N3O5S. The minimum Gasteiger partial charge on any atom is -0.508 e. The van der Waals surface area contributed by atoms with E-state index < -0.39 is 23.8 Å². The molecule has 0 spiro atoms. The van der Waals surface area contributed by atoms with Crippen molar-refractivity contribution in [3.05, 3.63) is 29.8 Å². The molecule has 1 rings (SSSR count). The van der Waals surface area contributed by atoms with Crippen LogP contribution in [0.3, 0.4) is 0 Å². The van der Waals surface area contributed by atoms with E-state index >= 15 is 0 Å². The Bertz CT molecular complexity index is 885. The Morgan fingerprint density at radius 3 is 2.19 bits per heavy atom. The predicted octanol–water partition coefficient (Wildman–Crippen LogP) is 5.26. The molecule has 9 heteroatoms. The second-order valence-corrected chi connectivity index (χ2v) is 12.2. The summed E-state index contributed by atoms with van der Waals surface area (Å²) >= 11 is 1.57. The minimum atomic E-state index is -0.985. The molecule has 3 N–H and O–H groups in total. The summed E-state index contributed by atoms with van der Waals surface area (Å²) in [7, 11) is 0. The lowest BCUT2D eigenvalue weighted by Gasteiger charge is -2.39. The van der Waals surface area contributed by atoms with Crippen LogP contribution in [0.25, 0.3) is 0 Å². The highest BCUT2D eigenvalue weighted by atomic mass is 32.2. The molecule has 0 bridgehead atoms. The summed E-state index contributed by atoms with van der Waals surface area (Å²) in [5.74, 6) is 0.355. The van der Waals surface area contributed by atoms with Crippen molar-refractivity contribution < 1.29 is 24.2 Å². The second kappa shape index (κ2) is 15.1. The van der Waals surface area contributed by atoms with Crippen molar-refractivity contribution in [2.75, 3.05) is 12.0 Å². The number of hydrogen-bond donors (Lipinski definition) is 3. The number of carbonyl (C=O) groups is 3. The topological polar surface area (TPSA) is 108 Å². The van der Waals surface area contributed by atoms with Gasteiger partial charge in [-0.15, -0.1) is 0 Å². The first-order valence-electron chi connectivity index (χ1n) is 13.1. The molecule has 1 aromatic carbocycles. The quantitative estimate of drug-likeness (QED) is 0.317. The van der Waals surface area contributed by atoms with E-state index in [9.17, 15) is 19.5 Å². The van der Waals surface area contributed by atoms with Gasteiger partial charge in [-0.3, -0.25) is 9.59 Å². The maximum atomic E-state index is 14.2. The van der Waals surface area contributed by atoms with Gasteiger partial charge in [-0.1, -0.05) is 26.0 Å². The number of benzene rings is 1. The van der Waals surface area contributed by atoms with Crippen LogP contribution in [0.4, 0.5) is 4.79 Å². The van der Waals surface area contributed by atoms with Gasteiger partial charge in [-0.05, 0) is 96.4 Å². The lowest BCUT2D eigenvalue weighted by molar-refractivity contribution is -0.145. The molecule has 0 aliphatic rings. The number of alkyl carbamates (subject to hydrolysis) is 1. The van der Waals surface area contributed by atoms with E-state index in [1.54, 1.807) is 49.6 Å². The van der Waals surface area contributed by atoms with Gasteiger partial charge < -0.3 is 25.4 Å². The summed E-state index contributed by atoms with van der Waals surface area (Å²) in [4.78, 5) is 42.1. The first-order valence-corrected chi connectivity index (χ1v) is 14.5. The van der Waals surface area contributed by atoms with Gasteiger partial charge in [0.2, 0.25) is 11.8 Å². The first kappa shape index (κ1) is 32.6. The van der Waals surface area contributed by atoms with Crippen LogP contribution in [0.2, 0.25) is 0 Å². The van der Waals surface area contributed by atoms with Crippen LogP contribution in [0.1, 0.15) is 86.3 Å². The number of amides is 3. The summed E-state index contributed by atoms with van der Waals surface area (Å²) in [6.07, 6.45) is 3.17. The van der Waals surface area contributed by atoms with Gasteiger partial charge in [0.05, 0.1) is 0 Å². The van der Waals surface area contributed by atoms with E-state index in [0.717, 1.165) is 6.42 Å². The van der Waals surface area contributed by atoms with Crippen molar-refractivity contribution in [1.82, 2.24) is 15.5 Å². The van der Waals surface area contributed by atoms with E-state index in [4.69, 9.17) is 4.74 Å². The zero-order chi connectivity index (χ0) is 28.3. The highest BCUT2D eigenvalue weighted by molar-refractivity contribution is 7.98. The number of hydrogen-bond acceptors (Lipinski definition) is 6. The zero-order valence-electron chi connectivity index (χ0n) is 24.0. The average Bonchev–Trinajstić information content (AvgIpc) is 2.76. The molecular weight excluding hydrogens is 490 g/mol. The maximum Gasteiger partial charge on any atom is 0.408 e. The SMILES string of the molecule is CSCCC(NC(=O)OC(C)(C)C)C(=O)N(C(C)CCC(C)C)C(C(=O)NC(C)C)c1cccc(O)c1. The largest absolute Gasteiger partial charge is 0.508 e. The van der Waals surface area contributed by atoms with Gasteiger partial charge in [0.25, 0.3) is 0 Å².